The lowest BCUT2D eigenvalue weighted by molar-refractivity contribution is -0.0901. The van der Waals surface area contributed by atoms with Crippen LogP contribution in [0.5, 0.6) is 0 Å². The van der Waals surface area contributed by atoms with E-state index >= 15 is 0 Å². The minimum Gasteiger partial charge on any atom is -0.378 e. The number of rotatable bonds is 6. The van der Waals surface area contributed by atoms with Crippen molar-refractivity contribution in [3.05, 3.63) is 0 Å². The van der Waals surface area contributed by atoms with E-state index in [2.05, 4.69) is 33.0 Å². The smallest absolute Gasteiger partial charge is 0.0693 e. The first-order valence-electron chi connectivity index (χ1n) is 6.72. The van der Waals surface area contributed by atoms with Crippen LogP contribution in [0.4, 0.5) is 0 Å². The number of hydrogen-bond acceptors (Lipinski definition) is 2. The van der Waals surface area contributed by atoms with Crippen molar-refractivity contribution in [2.24, 2.45) is 5.41 Å². The molecule has 0 aromatic rings. The van der Waals surface area contributed by atoms with E-state index in [1.165, 1.54) is 25.7 Å². The minimum absolute atomic E-state index is 0.179. The zero-order chi connectivity index (χ0) is 12.2. The molecule has 16 heavy (non-hydrogen) atoms. The summed E-state index contributed by atoms with van der Waals surface area (Å²) in [4.78, 5) is 0. The molecule has 1 aliphatic rings. The van der Waals surface area contributed by atoms with Gasteiger partial charge in [0, 0.05) is 13.2 Å². The second-order valence-corrected chi connectivity index (χ2v) is 6.32. The van der Waals surface area contributed by atoms with Gasteiger partial charge in [0.05, 0.1) is 5.60 Å². The fourth-order valence-electron chi connectivity index (χ4n) is 2.44. The van der Waals surface area contributed by atoms with Crippen molar-refractivity contribution in [2.45, 2.75) is 71.4 Å². The summed E-state index contributed by atoms with van der Waals surface area (Å²) in [7, 11) is 1.87. The third kappa shape index (κ3) is 3.46. The van der Waals surface area contributed by atoms with Crippen LogP contribution in [-0.2, 0) is 4.74 Å². The zero-order valence-electron chi connectivity index (χ0n) is 11.7. The highest BCUT2D eigenvalue weighted by Crippen LogP contribution is 2.41. The van der Waals surface area contributed by atoms with Crippen LogP contribution >= 0.6 is 0 Å². The van der Waals surface area contributed by atoms with Gasteiger partial charge in [0.2, 0.25) is 0 Å². The molecular weight excluding hydrogens is 198 g/mol. The standard InChI is InChI=1S/C14H29NO/c1-6-10-15-12(13(2,3)4)11-14(16-5)8-7-9-14/h12,15H,6-11H2,1-5H3. The first kappa shape index (κ1) is 14.0. The summed E-state index contributed by atoms with van der Waals surface area (Å²) < 4.78 is 5.74. The average Bonchev–Trinajstić information content (AvgIpc) is 2.14. The molecule has 0 spiro atoms. The molecule has 0 aromatic heterocycles. The Kier molecular flexibility index (Phi) is 4.81. The Morgan fingerprint density at radius 3 is 2.25 bits per heavy atom. The molecule has 0 aliphatic heterocycles. The van der Waals surface area contributed by atoms with Crippen molar-refractivity contribution in [2.75, 3.05) is 13.7 Å². The number of ether oxygens (including phenoxy) is 1. The van der Waals surface area contributed by atoms with Crippen LogP contribution in [0.1, 0.15) is 59.8 Å². The van der Waals surface area contributed by atoms with E-state index in [-0.39, 0.29) is 5.60 Å². The Balaban J connectivity index is 2.55. The van der Waals surface area contributed by atoms with Gasteiger partial charge >= 0.3 is 0 Å². The summed E-state index contributed by atoms with van der Waals surface area (Å²) in [6.45, 7) is 10.3. The van der Waals surface area contributed by atoms with Gasteiger partial charge in [0.15, 0.2) is 0 Å². The summed E-state index contributed by atoms with van der Waals surface area (Å²) >= 11 is 0. The molecule has 0 aromatic carbocycles. The molecule has 1 atom stereocenters. The second kappa shape index (κ2) is 5.50. The Labute approximate surface area is 101 Å². The summed E-state index contributed by atoms with van der Waals surface area (Å²) in [5.74, 6) is 0. The van der Waals surface area contributed by atoms with Crippen molar-refractivity contribution in [3.63, 3.8) is 0 Å². The van der Waals surface area contributed by atoms with E-state index in [1.54, 1.807) is 0 Å². The highest BCUT2D eigenvalue weighted by Gasteiger charge is 2.41. The molecule has 1 saturated carbocycles. The van der Waals surface area contributed by atoms with Crippen LogP contribution in [-0.4, -0.2) is 25.3 Å². The van der Waals surface area contributed by atoms with Crippen LogP contribution in [0.3, 0.4) is 0 Å². The summed E-state index contributed by atoms with van der Waals surface area (Å²) in [5.41, 5.74) is 0.495. The van der Waals surface area contributed by atoms with Gasteiger partial charge in [0.25, 0.3) is 0 Å². The van der Waals surface area contributed by atoms with Gasteiger partial charge < -0.3 is 10.1 Å². The molecule has 2 heteroatoms. The molecule has 0 radical (unpaired) electrons. The predicted octanol–water partition coefficient (Wildman–Crippen LogP) is 3.36. The van der Waals surface area contributed by atoms with Gasteiger partial charge in [-0.15, -0.1) is 0 Å². The van der Waals surface area contributed by atoms with E-state index in [9.17, 15) is 0 Å². The van der Waals surface area contributed by atoms with Gasteiger partial charge in [-0.3, -0.25) is 0 Å². The quantitative estimate of drug-likeness (QED) is 0.751. The second-order valence-electron chi connectivity index (χ2n) is 6.32. The molecule has 2 nitrogen and oxygen atoms in total. The average molecular weight is 227 g/mol. The lowest BCUT2D eigenvalue weighted by atomic mass is 9.71. The summed E-state index contributed by atoms with van der Waals surface area (Å²) in [5, 5.41) is 3.69. The molecule has 1 aliphatic carbocycles. The minimum atomic E-state index is 0.179. The monoisotopic (exact) mass is 227 g/mol. The third-order valence-corrected chi connectivity index (χ3v) is 3.96. The molecule has 0 saturated heterocycles. The molecule has 0 heterocycles. The lowest BCUT2D eigenvalue weighted by Crippen LogP contribution is -2.50. The van der Waals surface area contributed by atoms with Crippen LogP contribution in [0.25, 0.3) is 0 Å². The maximum Gasteiger partial charge on any atom is 0.0693 e. The van der Waals surface area contributed by atoms with Crippen molar-refractivity contribution in [1.29, 1.82) is 0 Å². The number of hydrogen-bond donors (Lipinski definition) is 1. The normalized spacial score (nSPS) is 21.6. The fraction of sp³-hybridized carbons (Fsp3) is 1.00. The summed E-state index contributed by atoms with van der Waals surface area (Å²) in [6.07, 6.45) is 6.17. The molecule has 0 amide bonds. The Bertz CT molecular complexity index is 198. The van der Waals surface area contributed by atoms with Crippen LogP contribution in [0.2, 0.25) is 0 Å². The van der Waals surface area contributed by atoms with E-state index in [1.807, 2.05) is 7.11 Å². The molecule has 96 valence electrons. The molecule has 1 fully saturated rings. The predicted molar refractivity (Wildman–Crippen MR) is 69.7 cm³/mol. The van der Waals surface area contributed by atoms with Gasteiger partial charge in [0.1, 0.15) is 0 Å². The van der Waals surface area contributed by atoms with Crippen molar-refractivity contribution in [3.8, 4) is 0 Å². The Morgan fingerprint density at radius 1 is 1.31 bits per heavy atom. The highest BCUT2D eigenvalue weighted by atomic mass is 16.5. The van der Waals surface area contributed by atoms with Crippen molar-refractivity contribution in [1.82, 2.24) is 5.32 Å². The first-order valence-corrected chi connectivity index (χ1v) is 6.72. The van der Waals surface area contributed by atoms with Crippen molar-refractivity contribution < 1.29 is 4.74 Å². The number of nitrogens with one attached hydrogen (secondary N) is 1. The lowest BCUT2D eigenvalue weighted by Gasteiger charge is -2.46. The highest BCUT2D eigenvalue weighted by molar-refractivity contribution is 4.96. The van der Waals surface area contributed by atoms with Gasteiger partial charge in [-0.1, -0.05) is 27.7 Å². The molecule has 0 bridgehead atoms. The molecular formula is C14H29NO. The van der Waals surface area contributed by atoms with E-state index in [0.29, 0.717) is 11.5 Å². The van der Waals surface area contributed by atoms with E-state index < -0.39 is 0 Å². The van der Waals surface area contributed by atoms with Gasteiger partial charge in [-0.05, 0) is 44.1 Å². The summed E-state index contributed by atoms with van der Waals surface area (Å²) in [6, 6.07) is 0.563. The van der Waals surface area contributed by atoms with Crippen LogP contribution < -0.4 is 5.32 Å². The first-order chi connectivity index (χ1) is 7.43. The topological polar surface area (TPSA) is 21.3 Å². The maximum absolute atomic E-state index is 5.74. The zero-order valence-corrected chi connectivity index (χ0v) is 11.7. The Hall–Kier alpha value is -0.0800. The fourth-order valence-corrected chi connectivity index (χ4v) is 2.44. The van der Waals surface area contributed by atoms with Crippen LogP contribution in [0, 0.1) is 5.41 Å². The SMILES string of the molecule is CCCNC(CC1(OC)CCC1)C(C)(C)C. The van der Waals surface area contributed by atoms with E-state index in [4.69, 9.17) is 4.74 Å². The van der Waals surface area contributed by atoms with E-state index in [0.717, 1.165) is 13.0 Å². The van der Waals surface area contributed by atoms with Crippen LogP contribution in [0.15, 0.2) is 0 Å². The molecule has 1 N–H and O–H groups in total. The molecule has 1 rings (SSSR count). The number of methoxy groups -OCH3 is 1. The Morgan fingerprint density at radius 2 is 1.94 bits per heavy atom. The largest absolute Gasteiger partial charge is 0.378 e. The van der Waals surface area contributed by atoms with Gasteiger partial charge in [-0.2, -0.15) is 0 Å². The van der Waals surface area contributed by atoms with Gasteiger partial charge in [-0.25, -0.2) is 0 Å². The molecule has 1 unspecified atom stereocenters. The maximum atomic E-state index is 5.74. The third-order valence-electron chi connectivity index (χ3n) is 3.96. The van der Waals surface area contributed by atoms with Crippen molar-refractivity contribution >= 4 is 0 Å².